The van der Waals surface area contributed by atoms with Crippen molar-refractivity contribution < 1.29 is 4.79 Å². The molecule has 1 aliphatic rings. The highest BCUT2D eigenvalue weighted by atomic mass is 32.1. The summed E-state index contributed by atoms with van der Waals surface area (Å²) < 4.78 is 4.27. The first-order chi connectivity index (χ1) is 9.65. The minimum absolute atomic E-state index is 0.0941. The smallest absolute Gasteiger partial charge is 0.221 e. The summed E-state index contributed by atoms with van der Waals surface area (Å²) in [5, 5.41) is 6.78. The molecular formula is C12H15N5OS2. The Morgan fingerprint density at radius 3 is 3.05 bits per heavy atom. The Labute approximate surface area is 124 Å². The van der Waals surface area contributed by atoms with Crippen molar-refractivity contribution >= 4 is 39.6 Å². The molecule has 0 radical (unpaired) electrons. The molecule has 106 valence electrons. The maximum absolute atomic E-state index is 11.4. The quantitative estimate of drug-likeness (QED) is 0.878. The molecule has 0 saturated carbocycles. The zero-order chi connectivity index (χ0) is 14.1. The van der Waals surface area contributed by atoms with Crippen molar-refractivity contribution in [3.8, 4) is 10.6 Å². The summed E-state index contributed by atoms with van der Waals surface area (Å²) in [5.41, 5.74) is 7.90. The van der Waals surface area contributed by atoms with Crippen molar-refractivity contribution in [3.63, 3.8) is 0 Å². The molecule has 0 bridgehead atoms. The van der Waals surface area contributed by atoms with E-state index in [1.165, 1.54) is 11.5 Å². The zero-order valence-corrected chi connectivity index (χ0v) is 12.7. The van der Waals surface area contributed by atoms with E-state index < -0.39 is 0 Å². The first-order valence-corrected chi connectivity index (χ1v) is 8.00. The molecule has 0 atom stereocenters. The van der Waals surface area contributed by atoms with Crippen molar-refractivity contribution in [1.29, 1.82) is 0 Å². The molecule has 3 rings (SSSR count). The Bertz CT molecular complexity index is 636. The van der Waals surface area contributed by atoms with Crippen LogP contribution in [0.4, 0.5) is 10.8 Å². The van der Waals surface area contributed by atoms with Gasteiger partial charge in [-0.2, -0.15) is 4.37 Å². The van der Waals surface area contributed by atoms with Crippen LogP contribution >= 0.6 is 22.9 Å². The molecule has 1 fully saturated rings. The Morgan fingerprint density at radius 2 is 2.30 bits per heavy atom. The van der Waals surface area contributed by atoms with Gasteiger partial charge in [0.05, 0.1) is 5.56 Å². The van der Waals surface area contributed by atoms with Gasteiger partial charge < -0.3 is 16.0 Å². The fourth-order valence-electron chi connectivity index (χ4n) is 2.15. The van der Waals surface area contributed by atoms with Crippen LogP contribution < -0.4 is 16.0 Å². The number of carbonyl (C=O) groups is 1. The molecule has 2 aromatic rings. The Hall–Kier alpha value is -1.67. The highest BCUT2D eigenvalue weighted by Gasteiger charge is 2.23. The van der Waals surface area contributed by atoms with Gasteiger partial charge in [0.1, 0.15) is 15.8 Å². The lowest BCUT2D eigenvalue weighted by Gasteiger charge is -2.20. The third kappa shape index (κ3) is 2.48. The van der Waals surface area contributed by atoms with Gasteiger partial charge in [0.2, 0.25) is 5.91 Å². The van der Waals surface area contributed by atoms with E-state index in [-0.39, 0.29) is 5.91 Å². The number of nitrogen functional groups attached to an aromatic ring is 1. The lowest BCUT2D eigenvalue weighted by atomic mass is 10.3. The van der Waals surface area contributed by atoms with Gasteiger partial charge in [-0.3, -0.25) is 4.79 Å². The summed E-state index contributed by atoms with van der Waals surface area (Å²) in [6.07, 6.45) is 0.494. The van der Waals surface area contributed by atoms with E-state index in [0.717, 1.165) is 27.8 Å². The number of hydrogen-bond acceptors (Lipinski definition) is 7. The largest absolute Gasteiger partial charge is 0.382 e. The zero-order valence-electron chi connectivity index (χ0n) is 11.0. The van der Waals surface area contributed by atoms with Gasteiger partial charge in [-0.15, -0.1) is 11.3 Å². The van der Waals surface area contributed by atoms with E-state index in [1.54, 1.807) is 11.3 Å². The van der Waals surface area contributed by atoms with Crippen LogP contribution in [-0.2, 0) is 4.79 Å². The predicted octanol–water partition coefficient (Wildman–Crippen LogP) is 1.48. The molecule has 0 aromatic carbocycles. The number of hydrogen-bond donors (Lipinski definition) is 2. The normalized spacial score (nSPS) is 16.1. The summed E-state index contributed by atoms with van der Waals surface area (Å²) in [6.45, 7) is 4.06. The van der Waals surface area contributed by atoms with Crippen LogP contribution in [-0.4, -0.2) is 34.9 Å². The fourth-order valence-corrected chi connectivity index (χ4v) is 3.93. The van der Waals surface area contributed by atoms with Crippen LogP contribution in [0.5, 0.6) is 0 Å². The molecule has 8 heteroatoms. The third-order valence-electron chi connectivity index (χ3n) is 3.13. The molecule has 0 spiro atoms. The summed E-state index contributed by atoms with van der Waals surface area (Å²) in [4.78, 5) is 18.1. The summed E-state index contributed by atoms with van der Waals surface area (Å²) in [7, 11) is 0. The number of nitrogens with zero attached hydrogens (tertiary/aromatic N) is 3. The number of nitrogens with two attached hydrogens (primary N) is 1. The number of amides is 1. The standard InChI is InChI=1S/C12H15N5OS2/c1-7-6-19-11(15-7)9-10(13)16-20-12(9)17-4-2-8(18)14-3-5-17/h6H,2-5H2,1H3,(H2,13,16)(H,14,18). The molecule has 3 N–H and O–H groups in total. The van der Waals surface area contributed by atoms with Gasteiger partial charge in [0.15, 0.2) is 0 Å². The third-order valence-corrected chi connectivity index (χ3v) is 5.03. The molecular weight excluding hydrogens is 294 g/mol. The minimum atomic E-state index is 0.0941. The predicted molar refractivity (Wildman–Crippen MR) is 82.2 cm³/mol. The van der Waals surface area contributed by atoms with E-state index in [9.17, 15) is 4.79 Å². The van der Waals surface area contributed by atoms with E-state index in [1.807, 2.05) is 12.3 Å². The Kier molecular flexibility index (Phi) is 3.58. The van der Waals surface area contributed by atoms with Gasteiger partial charge in [0, 0.05) is 37.1 Å². The maximum atomic E-state index is 11.4. The summed E-state index contributed by atoms with van der Waals surface area (Å²) in [5.74, 6) is 0.611. The SMILES string of the molecule is Cc1csc(-c2c(N)nsc2N2CCNC(=O)CC2)n1. The number of anilines is 2. The van der Waals surface area contributed by atoms with Gasteiger partial charge in [-0.1, -0.05) is 0 Å². The minimum Gasteiger partial charge on any atom is -0.382 e. The summed E-state index contributed by atoms with van der Waals surface area (Å²) in [6, 6.07) is 0. The monoisotopic (exact) mass is 309 g/mol. The molecule has 1 saturated heterocycles. The number of carbonyl (C=O) groups excluding carboxylic acids is 1. The topological polar surface area (TPSA) is 84.1 Å². The highest BCUT2D eigenvalue weighted by molar-refractivity contribution is 7.15. The first-order valence-electron chi connectivity index (χ1n) is 6.34. The van der Waals surface area contributed by atoms with Crippen molar-refractivity contribution in [2.45, 2.75) is 13.3 Å². The van der Waals surface area contributed by atoms with Crippen molar-refractivity contribution in [1.82, 2.24) is 14.7 Å². The van der Waals surface area contributed by atoms with Crippen LogP contribution in [0.25, 0.3) is 10.6 Å². The maximum Gasteiger partial charge on any atom is 0.221 e. The van der Waals surface area contributed by atoms with Crippen LogP contribution in [0.2, 0.25) is 0 Å². The second-order valence-corrected chi connectivity index (χ2v) is 6.24. The van der Waals surface area contributed by atoms with Gasteiger partial charge in [-0.05, 0) is 18.5 Å². The number of thiazole rings is 1. The Morgan fingerprint density at radius 1 is 1.45 bits per heavy atom. The second-order valence-electron chi connectivity index (χ2n) is 4.63. The number of nitrogens with one attached hydrogen (secondary N) is 1. The lowest BCUT2D eigenvalue weighted by molar-refractivity contribution is -0.120. The van der Waals surface area contributed by atoms with Crippen molar-refractivity contribution in [2.75, 3.05) is 30.3 Å². The summed E-state index contributed by atoms with van der Waals surface area (Å²) >= 11 is 2.95. The van der Waals surface area contributed by atoms with Gasteiger partial charge >= 0.3 is 0 Å². The van der Waals surface area contributed by atoms with Crippen molar-refractivity contribution in [2.24, 2.45) is 0 Å². The molecule has 1 amide bonds. The van der Waals surface area contributed by atoms with Crippen LogP contribution in [0, 0.1) is 6.92 Å². The van der Waals surface area contributed by atoms with E-state index in [2.05, 4.69) is 19.6 Å². The molecule has 20 heavy (non-hydrogen) atoms. The highest BCUT2D eigenvalue weighted by Crippen LogP contribution is 2.40. The molecule has 0 aliphatic carbocycles. The molecule has 0 unspecified atom stereocenters. The average Bonchev–Trinajstić information content (AvgIpc) is 2.93. The lowest BCUT2D eigenvalue weighted by Crippen LogP contribution is -2.28. The van der Waals surface area contributed by atoms with Crippen LogP contribution in [0.15, 0.2) is 5.38 Å². The first kappa shape index (κ1) is 13.3. The van der Waals surface area contributed by atoms with Crippen LogP contribution in [0.1, 0.15) is 12.1 Å². The second kappa shape index (κ2) is 5.37. The van der Waals surface area contributed by atoms with E-state index >= 15 is 0 Å². The van der Waals surface area contributed by atoms with Crippen LogP contribution in [0.3, 0.4) is 0 Å². The number of aryl methyl sites for hydroxylation is 1. The number of aromatic nitrogens is 2. The fraction of sp³-hybridized carbons (Fsp3) is 0.417. The molecule has 3 heterocycles. The molecule has 2 aromatic heterocycles. The number of rotatable bonds is 2. The van der Waals surface area contributed by atoms with E-state index in [0.29, 0.717) is 25.3 Å². The van der Waals surface area contributed by atoms with E-state index in [4.69, 9.17) is 5.73 Å². The van der Waals surface area contributed by atoms with Gasteiger partial charge in [0.25, 0.3) is 0 Å². The Balaban J connectivity index is 1.96. The van der Waals surface area contributed by atoms with Crippen molar-refractivity contribution in [3.05, 3.63) is 11.1 Å². The van der Waals surface area contributed by atoms with Gasteiger partial charge in [-0.25, -0.2) is 4.98 Å². The molecule has 1 aliphatic heterocycles. The molecule has 6 nitrogen and oxygen atoms in total. The average molecular weight is 309 g/mol.